The first-order chi connectivity index (χ1) is 14.2. The van der Waals surface area contributed by atoms with Crippen molar-refractivity contribution >= 4 is 40.1 Å². The van der Waals surface area contributed by atoms with Gasteiger partial charge in [-0.05, 0) is 48.5 Å². The van der Waals surface area contributed by atoms with Crippen molar-refractivity contribution in [2.75, 3.05) is 6.61 Å². The van der Waals surface area contributed by atoms with Crippen LogP contribution in [-0.4, -0.2) is 6.61 Å². The Morgan fingerprint density at radius 2 is 0.897 bits per heavy atom. The Morgan fingerprint density at radius 1 is 0.586 bits per heavy atom. The van der Waals surface area contributed by atoms with E-state index in [4.69, 9.17) is 16.7 Å². The van der Waals surface area contributed by atoms with Crippen molar-refractivity contribution in [3.63, 3.8) is 0 Å². The van der Waals surface area contributed by atoms with Crippen LogP contribution in [0.25, 0.3) is 0 Å². The van der Waals surface area contributed by atoms with Crippen LogP contribution in [-0.2, 0) is 0 Å². The van der Waals surface area contributed by atoms with Gasteiger partial charge in [-0.25, -0.2) is 0 Å². The highest BCUT2D eigenvalue weighted by Gasteiger charge is 2.48. The Hall–Kier alpha value is -2.44. The third-order valence-corrected chi connectivity index (χ3v) is 9.44. The second kappa shape index (κ2) is 10.4. The van der Waals surface area contributed by atoms with E-state index in [0.29, 0.717) is 0 Å². The van der Waals surface area contributed by atoms with Crippen LogP contribution >= 0.6 is 18.9 Å². The Labute approximate surface area is 179 Å². The minimum absolute atomic E-state index is 0. The molecule has 0 aliphatic carbocycles. The predicted molar refractivity (Wildman–Crippen MR) is 127 cm³/mol. The number of rotatable bonds is 4. The van der Waals surface area contributed by atoms with Gasteiger partial charge in [0, 0.05) is 0 Å². The van der Waals surface area contributed by atoms with E-state index in [1.807, 2.05) is 12.1 Å². The number of benzene rings is 4. The predicted octanol–water partition coefficient (Wildman–Crippen LogP) is 4.33. The summed E-state index contributed by atoms with van der Waals surface area (Å²) in [6.45, 7) is 1.57. The number of hydrogen-bond acceptors (Lipinski definition) is 1. The van der Waals surface area contributed by atoms with E-state index in [-0.39, 0.29) is 6.61 Å². The average molecular weight is 419 g/mol. The molecule has 0 aromatic heterocycles. The van der Waals surface area contributed by atoms with Gasteiger partial charge in [0.25, 0.3) is 0 Å². The monoisotopic (exact) mass is 418 g/mol. The molecule has 4 rings (SSSR count). The zero-order valence-electron chi connectivity index (χ0n) is 16.4. The molecule has 0 saturated heterocycles. The molecule has 0 spiro atoms. The van der Waals surface area contributed by atoms with Crippen molar-refractivity contribution in [3.8, 4) is 0 Å². The topological polar surface area (TPSA) is 23.1 Å². The quantitative estimate of drug-likeness (QED) is 0.452. The van der Waals surface area contributed by atoms with Crippen LogP contribution in [0.3, 0.4) is 0 Å². The van der Waals surface area contributed by atoms with Crippen LogP contribution in [0.2, 0.25) is 5.02 Å². The van der Waals surface area contributed by atoms with Crippen molar-refractivity contribution in [1.29, 1.82) is 0 Å². The lowest BCUT2D eigenvalue weighted by molar-refractivity contribution is -0.361. The Morgan fingerprint density at radius 3 is 1.24 bits per heavy atom. The Bertz CT molecular complexity index is 908. The molecule has 0 bridgehead atoms. The van der Waals surface area contributed by atoms with Crippen LogP contribution in [0.4, 0.5) is 0 Å². The highest BCUT2D eigenvalue weighted by Crippen LogP contribution is 2.55. The van der Waals surface area contributed by atoms with Crippen LogP contribution in [0.15, 0.2) is 115 Å². The molecule has 0 atom stereocenters. The molecule has 0 radical (unpaired) electrons. The van der Waals surface area contributed by atoms with E-state index >= 15 is 0 Å². The van der Waals surface area contributed by atoms with Crippen LogP contribution in [0.5, 0.6) is 0 Å². The van der Waals surface area contributed by atoms with Crippen molar-refractivity contribution < 1.29 is 5.11 Å². The lowest BCUT2D eigenvalue weighted by atomic mass is 10.3. The molecule has 0 heterocycles. The number of hydrogen-bond donors (Lipinski definition) is 0. The fourth-order valence-electron chi connectivity index (χ4n) is 3.54. The van der Waals surface area contributed by atoms with Gasteiger partial charge in [-0.2, -0.15) is 0 Å². The van der Waals surface area contributed by atoms with E-state index in [1.54, 1.807) is 6.92 Å². The first-order valence-electron chi connectivity index (χ1n) is 9.64. The number of halogens is 1. The Balaban J connectivity index is 0.000000755. The molecule has 1 nitrogen and oxygen atoms in total. The van der Waals surface area contributed by atoms with Gasteiger partial charge in [0.05, 0.1) is 5.02 Å². The van der Waals surface area contributed by atoms with Crippen molar-refractivity contribution in [1.82, 2.24) is 0 Å². The summed E-state index contributed by atoms with van der Waals surface area (Å²) < 4.78 is 0. The van der Waals surface area contributed by atoms with Crippen molar-refractivity contribution in [2.24, 2.45) is 0 Å². The molecule has 0 amide bonds. The molecule has 146 valence electrons. The average Bonchev–Trinajstić information content (AvgIpc) is 2.78. The molecular weight excluding hydrogens is 395 g/mol. The van der Waals surface area contributed by atoms with Crippen molar-refractivity contribution in [3.05, 3.63) is 120 Å². The summed E-state index contributed by atoms with van der Waals surface area (Å²) in [7, 11) is -2.08. The van der Waals surface area contributed by atoms with Gasteiger partial charge in [0.1, 0.15) is 28.5 Å². The molecule has 3 heteroatoms. The van der Waals surface area contributed by atoms with Gasteiger partial charge >= 0.3 is 0 Å². The molecule has 0 aliphatic rings. The minimum atomic E-state index is -2.08. The second-order valence-corrected chi connectivity index (χ2v) is 10.2. The first-order valence-corrected chi connectivity index (χ1v) is 11.8. The smallest absolute Gasteiger partial charge is 0.145 e. The van der Waals surface area contributed by atoms with E-state index in [0.717, 1.165) is 5.02 Å². The molecule has 0 aliphatic heterocycles. The van der Waals surface area contributed by atoms with Gasteiger partial charge in [0.2, 0.25) is 0 Å². The zero-order chi connectivity index (χ0) is 20.5. The van der Waals surface area contributed by atoms with Crippen LogP contribution < -0.4 is 26.3 Å². The maximum Gasteiger partial charge on any atom is 0.145 e. The summed E-state index contributed by atoms with van der Waals surface area (Å²) in [5, 5.41) is 14.9. The molecule has 0 unspecified atom stereocenters. The van der Waals surface area contributed by atoms with E-state index < -0.39 is 7.26 Å². The highest BCUT2D eigenvalue weighted by atomic mass is 35.5. The second-order valence-electron chi connectivity index (χ2n) is 6.42. The molecule has 0 fully saturated rings. The fourth-order valence-corrected chi connectivity index (χ4v) is 8.35. The molecular formula is C26H24ClOP. The van der Waals surface area contributed by atoms with Gasteiger partial charge in [-0.1, -0.05) is 85.3 Å². The molecule has 4 aromatic carbocycles. The van der Waals surface area contributed by atoms with Gasteiger partial charge in [-0.15, -0.1) is 6.61 Å². The third kappa shape index (κ3) is 4.43. The fraction of sp³-hybridized carbons (Fsp3) is 0.0769. The maximum atomic E-state index is 8.93. The normalized spacial score (nSPS) is 10.7. The molecule has 0 saturated carbocycles. The molecule has 4 aromatic rings. The highest BCUT2D eigenvalue weighted by molar-refractivity contribution is 8.01. The SMILES string of the molecule is CC[O-].Clc1ccccc1[P+](c1ccccc1)(c1ccccc1)c1ccccc1. The summed E-state index contributed by atoms with van der Waals surface area (Å²) in [4.78, 5) is 0. The lowest BCUT2D eigenvalue weighted by Gasteiger charge is -2.28. The summed E-state index contributed by atoms with van der Waals surface area (Å²) >= 11 is 6.79. The van der Waals surface area contributed by atoms with Crippen LogP contribution in [0, 0.1) is 0 Å². The summed E-state index contributed by atoms with van der Waals surface area (Å²) in [6, 6.07) is 40.6. The largest absolute Gasteiger partial charge is 0.855 e. The summed E-state index contributed by atoms with van der Waals surface area (Å²) in [6.07, 6.45) is 0. The van der Waals surface area contributed by atoms with E-state index in [9.17, 15) is 0 Å². The molecule has 0 N–H and O–H groups in total. The summed E-state index contributed by atoms with van der Waals surface area (Å²) in [5.74, 6) is 0. The van der Waals surface area contributed by atoms with Gasteiger partial charge in [0.15, 0.2) is 0 Å². The van der Waals surface area contributed by atoms with Gasteiger partial charge < -0.3 is 5.11 Å². The Kier molecular flexibility index (Phi) is 7.61. The third-order valence-electron chi connectivity index (χ3n) is 4.64. The first kappa shape index (κ1) is 21.3. The van der Waals surface area contributed by atoms with Crippen LogP contribution in [0.1, 0.15) is 6.92 Å². The van der Waals surface area contributed by atoms with E-state index in [2.05, 4.69) is 103 Å². The minimum Gasteiger partial charge on any atom is -0.855 e. The van der Waals surface area contributed by atoms with Crippen molar-refractivity contribution in [2.45, 2.75) is 6.92 Å². The lowest BCUT2D eigenvalue weighted by Crippen LogP contribution is -2.39. The molecule has 29 heavy (non-hydrogen) atoms. The summed E-state index contributed by atoms with van der Waals surface area (Å²) in [5.41, 5.74) is 0. The standard InChI is InChI=1S/C24H19ClP.C2H5O/c25-23-18-10-11-19-24(23)26(20-12-4-1-5-13-20,21-14-6-2-7-15-21)22-16-8-3-9-17-22;1-2-3/h1-19H;2H2,1H3/q+1;-1. The zero-order valence-corrected chi connectivity index (χ0v) is 18.1. The maximum absolute atomic E-state index is 8.93. The van der Waals surface area contributed by atoms with E-state index in [1.165, 1.54) is 21.2 Å². The van der Waals surface area contributed by atoms with Gasteiger partial charge in [-0.3, -0.25) is 0 Å².